The Hall–Kier alpha value is -2.47. The van der Waals surface area contributed by atoms with Crippen LogP contribution < -0.4 is 5.32 Å². The summed E-state index contributed by atoms with van der Waals surface area (Å²) >= 11 is 0. The van der Waals surface area contributed by atoms with Crippen LogP contribution >= 0.6 is 0 Å². The molecule has 0 spiro atoms. The van der Waals surface area contributed by atoms with E-state index in [1.165, 1.54) is 12.1 Å². The van der Waals surface area contributed by atoms with Crippen molar-refractivity contribution in [2.75, 3.05) is 6.54 Å². The molecule has 3 aromatic rings. The van der Waals surface area contributed by atoms with Gasteiger partial charge in [-0.25, -0.2) is 9.97 Å². The van der Waals surface area contributed by atoms with Gasteiger partial charge in [-0.05, 0) is 36.6 Å². The molecule has 0 saturated carbocycles. The van der Waals surface area contributed by atoms with Crippen molar-refractivity contribution < 1.29 is 13.2 Å². The minimum absolute atomic E-state index is 0.0823. The fourth-order valence-corrected chi connectivity index (χ4v) is 2.89. The maximum atomic E-state index is 12.6. The zero-order valence-corrected chi connectivity index (χ0v) is 14.6. The second kappa shape index (κ2) is 7.41. The predicted octanol–water partition coefficient (Wildman–Crippen LogP) is 4.85. The number of benzene rings is 2. The summed E-state index contributed by atoms with van der Waals surface area (Å²) in [5.74, 6) is 0.791. The molecule has 2 aromatic carbocycles. The molecule has 0 radical (unpaired) electrons. The lowest BCUT2D eigenvalue weighted by Crippen LogP contribution is -2.21. The molecule has 0 fully saturated rings. The molecule has 0 aliphatic heterocycles. The van der Waals surface area contributed by atoms with E-state index in [0.717, 1.165) is 34.3 Å². The molecule has 1 unspecified atom stereocenters. The first-order valence-corrected chi connectivity index (χ1v) is 8.45. The Bertz CT molecular complexity index is 889. The molecule has 6 heteroatoms. The molecular weight excluding hydrogens is 339 g/mol. The third-order valence-electron chi connectivity index (χ3n) is 4.38. The highest BCUT2D eigenvalue weighted by atomic mass is 19.4. The van der Waals surface area contributed by atoms with Crippen LogP contribution in [0.15, 0.2) is 48.5 Å². The molecule has 0 amide bonds. The van der Waals surface area contributed by atoms with Crippen molar-refractivity contribution in [2.24, 2.45) is 0 Å². The van der Waals surface area contributed by atoms with E-state index in [9.17, 15) is 13.2 Å². The van der Waals surface area contributed by atoms with E-state index >= 15 is 0 Å². The van der Waals surface area contributed by atoms with Gasteiger partial charge in [-0.3, -0.25) is 0 Å². The van der Waals surface area contributed by atoms with Crippen LogP contribution in [0.4, 0.5) is 13.2 Å². The molecule has 1 aromatic heterocycles. The highest BCUT2D eigenvalue weighted by Gasteiger charge is 2.30. The Balaban J connectivity index is 1.61. The van der Waals surface area contributed by atoms with Crippen molar-refractivity contribution in [3.05, 3.63) is 71.2 Å². The quantitative estimate of drug-likeness (QED) is 0.708. The monoisotopic (exact) mass is 359 g/mol. The van der Waals surface area contributed by atoms with Gasteiger partial charge >= 0.3 is 6.18 Å². The van der Waals surface area contributed by atoms with Gasteiger partial charge in [-0.15, -0.1) is 0 Å². The molecular formula is C20H20F3N3. The highest BCUT2D eigenvalue weighted by Crippen LogP contribution is 2.30. The Kier molecular flexibility index (Phi) is 5.23. The second-order valence-corrected chi connectivity index (χ2v) is 6.39. The largest absolute Gasteiger partial charge is 0.416 e. The van der Waals surface area contributed by atoms with Crippen LogP contribution in [0.3, 0.4) is 0 Å². The van der Waals surface area contributed by atoms with Crippen molar-refractivity contribution in [1.82, 2.24) is 15.3 Å². The summed E-state index contributed by atoms with van der Waals surface area (Å²) in [5.41, 5.74) is 2.08. The Labute approximate surface area is 150 Å². The van der Waals surface area contributed by atoms with E-state index in [1.807, 2.05) is 38.1 Å². The van der Waals surface area contributed by atoms with E-state index in [-0.39, 0.29) is 5.92 Å². The fourth-order valence-electron chi connectivity index (χ4n) is 2.89. The Morgan fingerprint density at radius 1 is 1.00 bits per heavy atom. The maximum Gasteiger partial charge on any atom is 0.416 e. The van der Waals surface area contributed by atoms with Crippen LogP contribution in [0.25, 0.3) is 10.9 Å². The van der Waals surface area contributed by atoms with Crippen LogP contribution in [0, 0.1) is 6.92 Å². The van der Waals surface area contributed by atoms with Crippen LogP contribution in [0.5, 0.6) is 0 Å². The van der Waals surface area contributed by atoms with E-state index in [0.29, 0.717) is 18.9 Å². The smallest absolute Gasteiger partial charge is 0.309 e. The van der Waals surface area contributed by atoms with E-state index in [1.54, 1.807) is 0 Å². The highest BCUT2D eigenvalue weighted by molar-refractivity contribution is 5.80. The minimum atomic E-state index is -4.30. The number of nitrogens with zero attached hydrogens (tertiary/aromatic N) is 2. The second-order valence-electron chi connectivity index (χ2n) is 6.39. The van der Waals surface area contributed by atoms with Crippen LogP contribution in [0.1, 0.15) is 35.5 Å². The molecule has 26 heavy (non-hydrogen) atoms. The molecule has 0 saturated heterocycles. The number of fused-ring (bicyclic) bond motifs is 1. The molecule has 1 atom stereocenters. The first-order valence-electron chi connectivity index (χ1n) is 8.45. The van der Waals surface area contributed by atoms with Gasteiger partial charge in [0.15, 0.2) is 0 Å². The molecule has 1 N–H and O–H groups in total. The summed E-state index contributed by atoms with van der Waals surface area (Å²) in [5, 5.41) is 4.33. The molecule has 3 nitrogen and oxygen atoms in total. The van der Waals surface area contributed by atoms with Crippen molar-refractivity contribution in [1.29, 1.82) is 0 Å². The molecule has 0 aliphatic carbocycles. The Morgan fingerprint density at radius 2 is 1.69 bits per heavy atom. The number of alkyl halides is 3. The van der Waals surface area contributed by atoms with E-state index in [2.05, 4.69) is 15.3 Å². The molecule has 136 valence electrons. The number of aryl methyl sites for hydroxylation is 1. The predicted molar refractivity (Wildman–Crippen MR) is 95.8 cm³/mol. The average molecular weight is 359 g/mol. The zero-order valence-electron chi connectivity index (χ0n) is 14.6. The van der Waals surface area contributed by atoms with Crippen LogP contribution in [-0.4, -0.2) is 16.5 Å². The lowest BCUT2D eigenvalue weighted by atomic mass is 9.99. The fraction of sp³-hybridized carbons (Fsp3) is 0.300. The summed E-state index contributed by atoms with van der Waals surface area (Å²) < 4.78 is 37.9. The Morgan fingerprint density at radius 3 is 2.38 bits per heavy atom. The molecule has 0 aliphatic rings. The van der Waals surface area contributed by atoms with Gasteiger partial charge in [0.25, 0.3) is 0 Å². The van der Waals surface area contributed by atoms with Gasteiger partial charge in [-0.1, -0.05) is 37.3 Å². The summed E-state index contributed by atoms with van der Waals surface area (Å²) in [4.78, 5) is 9.06. The molecule has 1 heterocycles. The number of nitrogens with one attached hydrogen (secondary N) is 1. The summed E-state index contributed by atoms with van der Waals surface area (Å²) in [7, 11) is 0. The molecule has 0 bridgehead atoms. The van der Waals surface area contributed by atoms with E-state index < -0.39 is 11.7 Å². The van der Waals surface area contributed by atoms with Crippen molar-refractivity contribution in [3.63, 3.8) is 0 Å². The number of hydrogen-bond acceptors (Lipinski definition) is 3. The first kappa shape index (κ1) is 18.3. The normalized spacial score (nSPS) is 13.1. The number of hydrogen-bond donors (Lipinski definition) is 1. The van der Waals surface area contributed by atoms with Gasteiger partial charge in [0, 0.05) is 17.6 Å². The number of aromatic nitrogens is 2. The van der Waals surface area contributed by atoms with Gasteiger partial charge in [0.05, 0.1) is 17.6 Å². The maximum absolute atomic E-state index is 12.6. The minimum Gasteiger partial charge on any atom is -0.309 e. The summed E-state index contributed by atoms with van der Waals surface area (Å²) in [6.45, 7) is 5.07. The lowest BCUT2D eigenvalue weighted by molar-refractivity contribution is -0.137. The summed E-state index contributed by atoms with van der Waals surface area (Å²) in [6.07, 6.45) is -4.30. The third-order valence-corrected chi connectivity index (χ3v) is 4.38. The standard InChI is InChI=1S/C20H20F3N3/c1-13(15-7-9-16(10-8-15)20(21,22)23)11-24-12-19-25-14(2)17-5-3-4-6-18(17)26-19/h3-10,13,24H,11-12H2,1-2H3. The van der Waals surface area contributed by atoms with Crippen molar-refractivity contribution in [3.8, 4) is 0 Å². The topological polar surface area (TPSA) is 37.8 Å². The molecule has 3 rings (SSSR count). The SMILES string of the molecule is Cc1nc(CNCC(C)c2ccc(C(F)(F)F)cc2)nc2ccccc12. The van der Waals surface area contributed by atoms with Gasteiger partial charge in [0.2, 0.25) is 0 Å². The third kappa shape index (κ3) is 4.19. The van der Waals surface area contributed by atoms with Crippen LogP contribution in [0.2, 0.25) is 0 Å². The number of para-hydroxylation sites is 1. The number of rotatable bonds is 5. The number of halogens is 3. The van der Waals surface area contributed by atoms with Gasteiger partial charge < -0.3 is 5.32 Å². The zero-order chi connectivity index (χ0) is 18.7. The van der Waals surface area contributed by atoms with Crippen molar-refractivity contribution in [2.45, 2.75) is 32.5 Å². The van der Waals surface area contributed by atoms with Gasteiger partial charge in [-0.2, -0.15) is 13.2 Å². The van der Waals surface area contributed by atoms with Crippen LogP contribution in [-0.2, 0) is 12.7 Å². The summed E-state index contributed by atoms with van der Waals surface area (Å²) in [6, 6.07) is 13.2. The van der Waals surface area contributed by atoms with Crippen molar-refractivity contribution >= 4 is 10.9 Å². The van der Waals surface area contributed by atoms with E-state index in [4.69, 9.17) is 0 Å². The van der Waals surface area contributed by atoms with Gasteiger partial charge in [0.1, 0.15) is 5.82 Å². The lowest BCUT2D eigenvalue weighted by Gasteiger charge is -2.14. The average Bonchev–Trinajstić information content (AvgIpc) is 2.61. The first-order chi connectivity index (χ1) is 12.3.